The summed E-state index contributed by atoms with van der Waals surface area (Å²) in [5.74, 6) is 1.33. The molecule has 0 saturated carbocycles. The van der Waals surface area contributed by atoms with Crippen LogP contribution in [0.1, 0.15) is 87.4 Å². The zero-order valence-corrected chi connectivity index (χ0v) is 34.3. The number of piperazine rings is 1. The maximum atomic E-state index is 13.5. The topological polar surface area (TPSA) is 91.0 Å². The van der Waals surface area contributed by atoms with Crippen molar-refractivity contribution in [2.45, 2.75) is 99.4 Å². The number of nitrogens with zero attached hydrogens (tertiary/aromatic N) is 5. The second kappa shape index (κ2) is 18.7. The van der Waals surface area contributed by atoms with Crippen molar-refractivity contribution in [1.29, 1.82) is 5.26 Å². The molecule has 1 fully saturated rings. The number of pyridine rings is 1. The van der Waals surface area contributed by atoms with Gasteiger partial charge in [-0.3, -0.25) is 23.8 Å². The number of carbonyl (C=O) groups is 1. The summed E-state index contributed by atoms with van der Waals surface area (Å²) >= 11 is 0. The van der Waals surface area contributed by atoms with E-state index in [0.29, 0.717) is 19.5 Å². The first-order valence-corrected chi connectivity index (χ1v) is 19.3. The third kappa shape index (κ3) is 8.74. The van der Waals surface area contributed by atoms with Gasteiger partial charge in [0.2, 0.25) is 0 Å². The molecule has 0 aliphatic carbocycles. The van der Waals surface area contributed by atoms with Crippen LogP contribution in [0, 0.1) is 31.1 Å². The van der Waals surface area contributed by atoms with E-state index in [1.165, 1.54) is 17.2 Å². The molecular weight excluding hydrogens is 682 g/mol. The highest BCUT2D eigenvalue weighted by Gasteiger charge is 2.36. The van der Waals surface area contributed by atoms with Crippen LogP contribution in [0.25, 0.3) is 11.1 Å². The van der Waals surface area contributed by atoms with Crippen LogP contribution in [-0.4, -0.2) is 77.8 Å². The lowest BCUT2D eigenvalue weighted by molar-refractivity contribution is -0.130. The fourth-order valence-electron chi connectivity index (χ4n) is 8.10. The van der Waals surface area contributed by atoms with Crippen LogP contribution < -0.4 is 15.0 Å². The van der Waals surface area contributed by atoms with Gasteiger partial charge in [-0.05, 0) is 86.4 Å². The van der Waals surface area contributed by atoms with Crippen LogP contribution in [0.4, 0.5) is 4.39 Å². The fourth-order valence-corrected chi connectivity index (χ4v) is 8.10. The summed E-state index contributed by atoms with van der Waals surface area (Å²) < 4.78 is 26.4. The lowest BCUT2D eigenvalue weighted by atomic mass is 9.83. The van der Waals surface area contributed by atoms with Crippen molar-refractivity contribution < 1.29 is 18.7 Å². The SMILES string of the molecule is CC.COc1cc(-c2cn(C)c(=O)c(C)c2C)cc(OC)c1CN1C[C@H](C)N(Cc2cccc3c2CCN(C(=O)/C(C#N)=C/CCF)C3C(C)C)C[C@H]1C. The van der Waals surface area contributed by atoms with E-state index in [1.54, 1.807) is 25.8 Å². The summed E-state index contributed by atoms with van der Waals surface area (Å²) in [5, 5.41) is 9.67. The van der Waals surface area contributed by atoms with Crippen molar-refractivity contribution in [2.75, 3.05) is 40.5 Å². The smallest absolute Gasteiger partial charge is 0.264 e. The Morgan fingerprint density at radius 3 is 2.19 bits per heavy atom. The quantitative estimate of drug-likeness (QED) is 0.147. The molecule has 0 bridgehead atoms. The molecule has 54 heavy (non-hydrogen) atoms. The number of ether oxygens (including phenoxy) is 2. The number of halogens is 1. The number of aromatic nitrogens is 1. The second-order valence-corrected chi connectivity index (χ2v) is 14.8. The number of amides is 1. The van der Waals surface area contributed by atoms with Crippen LogP contribution >= 0.6 is 0 Å². The number of hydrogen-bond acceptors (Lipinski definition) is 7. The van der Waals surface area contributed by atoms with E-state index < -0.39 is 6.67 Å². The van der Waals surface area contributed by atoms with Crippen molar-refractivity contribution in [2.24, 2.45) is 13.0 Å². The van der Waals surface area contributed by atoms with Crippen LogP contribution in [0.5, 0.6) is 11.5 Å². The van der Waals surface area contributed by atoms with Gasteiger partial charge in [0.15, 0.2) is 0 Å². The number of hydrogen-bond donors (Lipinski definition) is 0. The van der Waals surface area contributed by atoms with Crippen molar-refractivity contribution in [3.8, 4) is 28.7 Å². The largest absolute Gasteiger partial charge is 0.496 e. The highest BCUT2D eigenvalue weighted by atomic mass is 19.1. The Balaban J connectivity index is 0.00000319. The summed E-state index contributed by atoms with van der Waals surface area (Å²) in [4.78, 5) is 32.9. The predicted molar refractivity (Wildman–Crippen MR) is 215 cm³/mol. The van der Waals surface area contributed by atoms with Crippen molar-refractivity contribution in [3.05, 3.63) is 91.9 Å². The van der Waals surface area contributed by atoms with Gasteiger partial charge < -0.3 is 18.9 Å². The standard InChI is InChI=1S/C42H54FN5O4.C2H6/c1-26(2)40-35-14-10-12-32(34(35)15-17-48(40)42(50)31(20-44)13-11-16-43)23-46-21-28(4)47(22-27(46)3)25-37-38(51-8)18-33(19-39(37)52-9)36-24-45(7)41(49)30(6)29(36)5;1-2/h10,12-14,18-19,24,26-28,40H,11,15-17,21-23,25H2,1-9H3;1-2H3/b31-13+;/t27-,28+,40?;/m0./s1. The van der Waals surface area contributed by atoms with E-state index in [1.807, 2.05) is 57.0 Å². The van der Waals surface area contributed by atoms with Gasteiger partial charge in [0, 0.05) is 69.2 Å². The van der Waals surface area contributed by atoms with Crippen LogP contribution in [0.2, 0.25) is 0 Å². The first-order valence-electron chi connectivity index (χ1n) is 19.3. The zero-order valence-electron chi connectivity index (χ0n) is 34.3. The molecule has 2 aromatic carbocycles. The molecule has 0 spiro atoms. The molecule has 1 saturated heterocycles. The Morgan fingerprint density at radius 1 is 1.02 bits per heavy atom. The minimum absolute atomic E-state index is 0.000321. The number of fused-ring (bicyclic) bond motifs is 1. The third-order valence-corrected chi connectivity index (χ3v) is 11.1. The Labute approximate surface area is 322 Å². The molecule has 1 unspecified atom stereocenters. The van der Waals surface area contributed by atoms with Crippen molar-refractivity contribution in [3.63, 3.8) is 0 Å². The minimum Gasteiger partial charge on any atom is -0.496 e. The maximum absolute atomic E-state index is 13.5. The lowest BCUT2D eigenvalue weighted by Crippen LogP contribution is -2.55. The average Bonchev–Trinajstić information content (AvgIpc) is 3.17. The van der Waals surface area contributed by atoms with Gasteiger partial charge in [0.25, 0.3) is 11.5 Å². The Hall–Kier alpha value is -4.46. The molecule has 0 N–H and O–H groups in total. The predicted octanol–water partition coefficient (Wildman–Crippen LogP) is 7.70. The molecule has 292 valence electrons. The molecule has 9 nitrogen and oxygen atoms in total. The highest BCUT2D eigenvalue weighted by Crippen LogP contribution is 2.40. The van der Waals surface area contributed by atoms with Crippen LogP contribution in [0.15, 0.2) is 53.0 Å². The van der Waals surface area contributed by atoms with Crippen molar-refractivity contribution in [1.82, 2.24) is 19.3 Å². The summed E-state index contributed by atoms with van der Waals surface area (Å²) in [6.45, 7) is 19.7. The minimum atomic E-state index is -0.599. The van der Waals surface area contributed by atoms with E-state index in [-0.39, 0.29) is 47.5 Å². The summed E-state index contributed by atoms with van der Waals surface area (Å²) in [7, 11) is 5.16. The number of aryl methyl sites for hydroxylation is 1. The molecule has 10 heteroatoms. The first kappa shape index (κ1) is 42.3. The van der Waals surface area contributed by atoms with Gasteiger partial charge in [-0.1, -0.05) is 52.0 Å². The molecule has 3 aromatic rings. The number of benzene rings is 2. The number of alkyl halides is 1. The van der Waals surface area contributed by atoms with Gasteiger partial charge in [0.05, 0.1) is 32.5 Å². The first-order chi connectivity index (χ1) is 25.8. The number of carbonyl (C=O) groups excluding carboxylic acids is 1. The zero-order chi connectivity index (χ0) is 39.9. The molecule has 3 heterocycles. The Bertz CT molecular complexity index is 1900. The molecule has 2 aliphatic heterocycles. The third-order valence-electron chi connectivity index (χ3n) is 11.1. The van der Waals surface area contributed by atoms with E-state index in [0.717, 1.165) is 64.5 Å². The highest BCUT2D eigenvalue weighted by molar-refractivity contribution is 5.97. The van der Waals surface area contributed by atoms with E-state index in [2.05, 4.69) is 55.7 Å². The number of rotatable bonds is 11. The Morgan fingerprint density at radius 2 is 1.63 bits per heavy atom. The number of nitriles is 1. The number of methoxy groups -OCH3 is 2. The summed E-state index contributed by atoms with van der Waals surface area (Å²) in [5.41, 5.74) is 8.30. The van der Waals surface area contributed by atoms with Crippen LogP contribution in [0.3, 0.4) is 0 Å². The van der Waals surface area contributed by atoms with Crippen LogP contribution in [-0.2, 0) is 31.4 Å². The number of allylic oxidation sites excluding steroid dienone is 1. The summed E-state index contributed by atoms with van der Waals surface area (Å²) in [6, 6.07) is 12.9. The van der Waals surface area contributed by atoms with E-state index >= 15 is 0 Å². The summed E-state index contributed by atoms with van der Waals surface area (Å²) in [6.07, 6.45) is 4.07. The molecule has 2 aliphatic rings. The van der Waals surface area contributed by atoms with Gasteiger partial charge in [-0.15, -0.1) is 0 Å². The molecule has 0 radical (unpaired) electrons. The average molecular weight is 742 g/mol. The van der Waals surface area contributed by atoms with Gasteiger partial charge in [-0.2, -0.15) is 5.26 Å². The van der Waals surface area contributed by atoms with Gasteiger partial charge >= 0.3 is 0 Å². The molecular formula is C44H60FN5O4. The second-order valence-electron chi connectivity index (χ2n) is 14.8. The van der Waals surface area contributed by atoms with Crippen molar-refractivity contribution >= 4 is 5.91 Å². The maximum Gasteiger partial charge on any atom is 0.264 e. The normalized spacial score (nSPS) is 19.1. The Kier molecular flexibility index (Phi) is 14.7. The monoisotopic (exact) mass is 741 g/mol. The lowest BCUT2D eigenvalue weighted by Gasteiger charge is -2.45. The fraction of sp³-hybridized carbons (Fsp3) is 0.523. The molecule has 1 amide bonds. The molecule has 3 atom stereocenters. The molecule has 5 rings (SSSR count). The van der Waals surface area contributed by atoms with Gasteiger partial charge in [0.1, 0.15) is 23.1 Å². The van der Waals surface area contributed by atoms with E-state index in [9.17, 15) is 19.2 Å². The van der Waals surface area contributed by atoms with Gasteiger partial charge in [-0.25, -0.2) is 0 Å². The van der Waals surface area contributed by atoms with E-state index in [4.69, 9.17) is 9.47 Å². The molecule has 1 aromatic heterocycles.